The third kappa shape index (κ3) is 4.87. The van der Waals surface area contributed by atoms with E-state index < -0.39 is 18.1 Å². The summed E-state index contributed by atoms with van der Waals surface area (Å²) in [5.74, 6) is -1.19. The van der Waals surface area contributed by atoms with Crippen molar-refractivity contribution in [2.24, 2.45) is 0 Å². The van der Waals surface area contributed by atoms with Crippen LogP contribution in [0.3, 0.4) is 0 Å². The second-order valence-corrected chi connectivity index (χ2v) is 5.46. The molecule has 0 aromatic heterocycles. The van der Waals surface area contributed by atoms with Crippen molar-refractivity contribution in [3.05, 3.63) is 76.3 Å². The molecule has 0 radical (unpaired) electrons. The first kappa shape index (κ1) is 18.6. The van der Waals surface area contributed by atoms with Crippen molar-refractivity contribution < 1.29 is 27.8 Å². The number of carboxylic acids is 1. The molecule has 25 heavy (non-hydrogen) atoms. The standard InChI is InChI=1S/C18H12ClF3O3/c1-10(14-7-4-12(19)9-15(14)18(23)24)8-11-2-5-13(6-3-11)25-17(22)16(20)21/h2-9H,1H3,(H,23,24). The number of hydrogen-bond donors (Lipinski definition) is 1. The molecule has 0 atom stereocenters. The first-order chi connectivity index (χ1) is 11.8. The predicted octanol–water partition coefficient (Wildman–Crippen LogP) is 6.01. The highest BCUT2D eigenvalue weighted by Crippen LogP contribution is 2.26. The van der Waals surface area contributed by atoms with Gasteiger partial charge in [-0.15, -0.1) is 0 Å². The summed E-state index contributed by atoms with van der Waals surface area (Å²) in [5, 5.41) is 9.58. The second kappa shape index (κ2) is 7.90. The zero-order chi connectivity index (χ0) is 18.6. The van der Waals surface area contributed by atoms with E-state index in [0.717, 1.165) is 0 Å². The fraction of sp³-hybridized carbons (Fsp3) is 0.0556. The van der Waals surface area contributed by atoms with Gasteiger partial charge in [0.05, 0.1) is 5.56 Å². The first-order valence-electron chi connectivity index (χ1n) is 6.98. The minimum Gasteiger partial charge on any atom is -0.478 e. The van der Waals surface area contributed by atoms with Crippen molar-refractivity contribution in [2.75, 3.05) is 0 Å². The number of carboxylic acid groups (broad SMARTS) is 1. The van der Waals surface area contributed by atoms with Gasteiger partial charge in [0.1, 0.15) is 5.75 Å². The molecular formula is C18H12ClF3O3. The Morgan fingerprint density at radius 3 is 2.28 bits per heavy atom. The molecule has 0 amide bonds. The minimum atomic E-state index is -2.54. The van der Waals surface area contributed by atoms with Crippen molar-refractivity contribution in [3.63, 3.8) is 0 Å². The van der Waals surface area contributed by atoms with E-state index in [-0.39, 0.29) is 11.3 Å². The zero-order valence-corrected chi connectivity index (χ0v) is 13.7. The molecule has 0 aliphatic rings. The van der Waals surface area contributed by atoms with E-state index >= 15 is 0 Å². The largest absolute Gasteiger partial charge is 0.478 e. The van der Waals surface area contributed by atoms with Crippen LogP contribution < -0.4 is 4.74 Å². The minimum absolute atomic E-state index is 0.0619. The molecule has 0 aliphatic heterocycles. The summed E-state index contributed by atoms with van der Waals surface area (Å²) in [6.45, 7) is 1.72. The summed E-state index contributed by atoms with van der Waals surface area (Å²) < 4.78 is 41.1. The van der Waals surface area contributed by atoms with Gasteiger partial charge in [-0.3, -0.25) is 0 Å². The summed E-state index contributed by atoms with van der Waals surface area (Å²) in [5.41, 5.74) is 1.86. The summed E-state index contributed by atoms with van der Waals surface area (Å²) in [4.78, 5) is 11.3. The SMILES string of the molecule is CC(=Cc1ccc(OC(F)=C(F)F)cc1)c1ccc(Cl)cc1C(=O)O. The Morgan fingerprint density at radius 1 is 1.08 bits per heavy atom. The van der Waals surface area contributed by atoms with Gasteiger partial charge in [-0.2, -0.15) is 13.2 Å². The Kier molecular flexibility index (Phi) is 5.88. The van der Waals surface area contributed by atoms with Gasteiger partial charge >= 0.3 is 18.1 Å². The highest BCUT2D eigenvalue weighted by atomic mass is 35.5. The second-order valence-electron chi connectivity index (χ2n) is 5.03. The molecule has 1 N–H and O–H groups in total. The van der Waals surface area contributed by atoms with Crippen LogP contribution in [0.2, 0.25) is 5.02 Å². The van der Waals surface area contributed by atoms with E-state index in [0.29, 0.717) is 21.7 Å². The van der Waals surface area contributed by atoms with Gasteiger partial charge in [-0.1, -0.05) is 35.9 Å². The van der Waals surface area contributed by atoms with E-state index in [1.54, 1.807) is 25.1 Å². The molecule has 130 valence electrons. The average Bonchev–Trinajstić information content (AvgIpc) is 2.56. The maximum atomic E-state index is 12.7. The van der Waals surface area contributed by atoms with Gasteiger partial charge in [-0.05, 0) is 47.9 Å². The van der Waals surface area contributed by atoms with Crippen molar-refractivity contribution >= 4 is 29.2 Å². The zero-order valence-electron chi connectivity index (χ0n) is 12.9. The number of halogens is 4. The number of allylic oxidation sites excluding steroid dienone is 1. The molecule has 0 heterocycles. The number of aromatic carboxylic acids is 1. The maximum Gasteiger partial charge on any atom is 0.344 e. The van der Waals surface area contributed by atoms with Gasteiger partial charge in [0.15, 0.2) is 0 Å². The Balaban J connectivity index is 2.29. The molecule has 0 aliphatic carbocycles. The van der Waals surface area contributed by atoms with Gasteiger partial charge in [0.25, 0.3) is 0 Å². The lowest BCUT2D eigenvalue weighted by Gasteiger charge is -2.08. The van der Waals surface area contributed by atoms with Crippen LogP contribution in [0.4, 0.5) is 13.2 Å². The Bertz CT molecular complexity index is 854. The summed E-state index contributed by atoms with van der Waals surface area (Å²) in [7, 11) is 0. The highest BCUT2D eigenvalue weighted by Gasteiger charge is 2.12. The van der Waals surface area contributed by atoms with Gasteiger partial charge in [-0.25, -0.2) is 4.79 Å². The molecule has 0 saturated carbocycles. The topological polar surface area (TPSA) is 46.5 Å². The molecule has 0 saturated heterocycles. The summed E-state index contributed by atoms with van der Waals surface area (Å²) >= 11 is 5.82. The third-order valence-corrected chi connectivity index (χ3v) is 3.49. The van der Waals surface area contributed by atoms with E-state index in [1.807, 2.05) is 0 Å². The lowest BCUT2D eigenvalue weighted by Crippen LogP contribution is -2.01. The van der Waals surface area contributed by atoms with Crippen molar-refractivity contribution in [1.29, 1.82) is 0 Å². The summed E-state index contributed by atoms with van der Waals surface area (Å²) in [6.07, 6.45) is -0.842. The molecule has 0 unspecified atom stereocenters. The monoisotopic (exact) mass is 368 g/mol. The smallest absolute Gasteiger partial charge is 0.344 e. The Labute approximate surface area is 146 Å². The van der Waals surface area contributed by atoms with Crippen LogP contribution in [0.15, 0.2) is 54.6 Å². The molecule has 0 spiro atoms. The lowest BCUT2D eigenvalue weighted by atomic mass is 9.99. The molecule has 0 fully saturated rings. The molecule has 2 aromatic carbocycles. The maximum absolute atomic E-state index is 12.7. The number of carbonyl (C=O) groups is 1. The first-order valence-corrected chi connectivity index (χ1v) is 7.36. The number of ether oxygens (including phenoxy) is 1. The quantitative estimate of drug-likeness (QED) is 0.519. The lowest BCUT2D eigenvalue weighted by molar-refractivity contribution is 0.0696. The molecule has 2 rings (SSSR count). The fourth-order valence-electron chi connectivity index (χ4n) is 2.14. The van der Waals surface area contributed by atoms with Gasteiger partial charge in [0.2, 0.25) is 0 Å². The fourth-order valence-corrected chi connectivity index (χ4v) is 2.31. The van der Waals surface area contributed by atoms with Crippen molar-refractivity contribution in [1.82, 2.24) is 0 Å². The number of benzene rings is 2. The number of rotatable bonds is 5. The predicted molar refractivity (Wildman–Crippen MR) is 89.4 cm³/mol. The van der Waals surface area contributed by atoms with Crippen molar-refractivity contribution in [3.8, 4) is 5.75 Å². The normalized spacial score (nSPS) is 11.2. The van der Waals surface area contributed by atoms with Crippen LogP contribution in [0, 0.1) is 0 Å². The van der Waals surface area contributed by atoms with Crippen LogP contribution in [0.25, 0.3) is 11.6 Å². The molecule has 0 bridgehead atoms. The van der Waals surface area contributed by atoms with Crippen LogP contribution in [-0.2, 0) is 0 Å². The molecule has 7 heteroatoms. The van der Waals surface area contributed by atoms with E-state index in [4.69, 9.17) is 11.6 Å². The Morgan fingerprint density at radius 2 is 1.72 bits per heavy atom. The Hall–Kier alpha value is -2.73. The van der Waals surface area contributed by atoms with Crippen LogP contribution in [-0.4, -0.2) is 11.1 Å². The van der Waals surface area contributed by atoms with Crippen LogP contribution >= 0.6 is 11.6 Å². The average molecular weight is 369 g/mol. The van der Waals surface area contributed by atoms with Crippen LogP contribution in [0.5, 0.6) is 5.75 Å². The van der Waals surface area contributed by atoms with Crippen LogP contribution in [0.1, 0.15) is 28.4 Å². The van der Waals surface area contributed by atoms with E-state index in [9.17, 15) is 23.1 Å². The van der Waals surface area contributed by atoms with E-state index in [1.165, 1.54) is 30.3 Å². The van der Waals surface area contributed by atoms with Crippen molar-refractivity contribution in [2.45, 2.75) is 6.92 Å². The highest BCUT2D eigenvalue weighted by molar-refractivity contribution is 6.31. The third-order valence-electron chi connectivity index (χ3n) is 3.26. The molecule has 2 aromatic rings. The molecule has 3 nitrogen and oxygen atoms in total. The summed E-state index contributed by atoms with van der Waals surface area (Å²) in [6, 6.07) is 8.28. The van der Waals surface area contributed by atoms with E-state index in [2.05, 4.69) is 4.74 Å². The molecular weight excluding hydrogens is 357 g/mol. The van der Waals surface area contributed by atoms with Gasteiger partial charge < -0.3 is 9.84 Å². The number of hydrogen-bond acceptors (Lipinski definition) is 2. The van der Waals surface area contributed by atoms with Gasteiger partial charge in [0, 0.05) is 5.02 Å².